The SMILES string of the molecule is CC(=O)c1ccc(OC(=O)c2ccc(O)cc2)cc1. The molecule has 4 heteroatoms. The first-order valence-electron chi connectivity index (χ1n) is 5.68. The molecule has 0 heterocycles. The molecule has 0 aromatic heterocycles. The third kappa shape index (κ3) is 3.19. The summed E-state index contributed by atoms with van der Waals surface area (Å²) in [4.78, 5) is 22.9. The Bertz CT molecular complexity index is 597. The molecule has 2 aromatic carbocycles. The molecule has 2 aromatic rings. The van der Waals surface area contributed by atoms with E-state index >= 15 is 0 Å². The van der Waals surface area contributed by atoms with Crippen molar-refractivity contribution in [2.45, 2.75) is 6.92 Å². The van der Waals surface area contributed by atoms with Crippen molar-refractivity contribution >= 4 is 11.8 Å². The smallest absolute Gasteiger partial charge is 0.343 e. The molecule has 2 rings (SSSR count). The lowest BCUT2D eigenvalue weighted by molar-refractivity contribution is 0.0734. The molecule has 0 unspecified atom stereocenters. The zero-order valence-corrected chi connectivity index (χ0v) is 10.3. The number of aromatic hydroxyl groups is 1. The van der Waals surface area contributed by atoms with E-state index in [1.54, 1.807) is 24.3 Å². The van der Waals surface area contributed by atoms with Crippen molar-refractivity contribution in [2.75, 3.05) is 0 Å². The predicted octanol–water partition coefficient (Wildman–Crippen LogP) is 2.81. The molecule has 1 N–H and O–H groups in total. The average molecular weight is 256 g/mol. The Hall–Kier alpha value is -2.62. The Labute approximate surface area is 110 Å². The summed E-state index contributed by atoms with van der Waals surface area (Å²) in [5, 5.41) is 9.13. The van der Waals surface area contributed by atoms with Crippen LogP contribution in [0.3, 0.4) is 0 Å². The van der Waals surface area contributed by atoms with Crippen molar-refractivity contribution in [3.05, 3.63) is 59.7 Å². The second-order valence-electron chi connectivity index (χ2n) is 4.02. The van der Waals surface area contributed by atoms with Crippen molar-refractivity contribution < 1.29 is 19.4 Å². The molecule has 96 valence electrons. The third-order valence-electron chi connectivity index (χ3n) is 2.57. The minimum absolute atomic E-state index is 0.0450. The predicted molar refractivity (Wildman–Crippen MR) is 69.5 cm³/mol. The first-order chi connectivity index (χ1) is 9.06. The Kier molecular flexibility index (Phi) is 3.61. The molecule has 0 saturated heterocycles. The Morgan fingerprint density at radius 2 is 1.42 bits per heavy atom. The van der Waals surface area contributed by atoms with Crippen LogP contribution in [-0.4, -0.2) is 16.9 Å². The van der Waals surface area contributed by atoms with E-state index in [1.165, 1.54) is 31.2 Å². The van der Waals surface area contributed by atoms with Gasteiger partial charge in [0, 0.05) is 5.56 Å². The van der Waals surface area contributed by atoms with Crippen LogP contribution in [0.2, 0.25) is 0 Å². The lowest BCUT2D eigenvalue weighted by Gasteiger charge is -2.05. The molecule has 0 atom stereocenters. The number of phenols is 1. The van der Waals surface area contributed by atoms with Gasteiger partial charge in [0.25, 0.3) is 0 Å². The molecule has 0 saturated carbocycles. The molecular weight excluding hydrogens is 244 g/mol. The van der Waals surface area contributed by atoms with Crippen LogP contribution >= 0.6 is 0 Å². The standard InChI is InChI=1S/C15H12O4/c1-10(16)11-4-8-14(9-5-11)19-15(18)12-2-6-13(17)7-3-12/h2-9,17H,1H3. The lowest BCUT2D eigenvalue weighted by Crippen LogP contribution is -2.08. The van der Waals surface area contributed by atoms with Gasteiger partial charge in [-0.05, 0) is 55.5 Å². The van der Waals surface area contributed by atoms with Gasteiger partial charge in [-0.1, -0.05) is 0 Å². The second kappa shape index (κ2) is 5.35. The number of Topliss-reactive ketones (excluding diaryl/α,β-unsaturated/α-hetero) is 1. The van der Waals surface area contributed by atoms with E-state index in [0.29, 0.717) is 16.9 Å². The van der Waals surface area contributed by atoms with Gasteiger partial charge in [-0.15, -0.1) is 0 Å². The van der Waals surface area contributed by atoms with Gasteiger partial charge in [-0.25, -0.2) is 4.79 Å². The van der Waals surface area contributed by atoms with E-state index < -0.39 is 5.97 Å². The van der Waals surface area contributed by atoms with Crippen molar-refractivity contribution in [1.29, 1.82) is 0 Å². The van der Waals surface area contributed by atoms with Crippen molar-refractivity contribution in [2.24, 2.45) is 0 Å². The molecule has 0 bridgehead atoms. The second-order valence-corrected chi connectivity index (χ2v) is 4.02. The number of ketones is 1. The molecule has 4 nitrogen and oxygen atoms in total. The van der Waals surface area contributed by atoms with Crippen LogP contribution in [0.1, 0.15) is 27.6 Å². The highest BCUT2D eigenvalue weighted by Crippen LogP contribution is 2.16. The fraction of sp³-hybridized carbons (Fsp3) is 0.0667. The molecule has 19 heavy (non-hydrogen) atoms. The quantitative estimate of drug-likeness (QED) is 0.521. The summed E-state index contributed by atoms with van der Waals surface area (Å²) >= 11 is 0. The third-order valence-corrected chi connectivity index (χ3v) is 2.57. The minimum Gasteiger partial charge on any atom is -0.508 e. The minimum atomic E-state index is -0.518. The van der Waals surface area contributed by atoms with E-state index in [-0.39, 0.29) is 11.5 Å². The number of carbonyl (C=O) groups excluding carboxylic acids is 2. The maximum atomic E-state index is 11.8. The highest BCUT2D eigenvalue weighted by molar-refractivity contribution is 5.94. The van der Waals surface area contributed by atoms with Crippen LogP contribution in [0.25, 0.3) is 0 Å². The Balaban J connectivity index is 2.10. The van der Waals surface area contributed by atoms with Crippen LogP contribution in [-0.2, 0) is 0 Å². The van der Waals surface area contributed by atoms with Gasteiger partial charge < -0.3 is 9.84 Å². The molecule has 0 spiro atoms. The number of carbonyl (C=O) groups is 2. The number of benzene rings is 2. The molecule has 0 fully saturated rings. The van der Waals surface area contributed by atoms with E-state index in [0.717, 1.165) is 0 Å². The lowest BCUT2D eigenvalue weighted by atomic mass is 10.1. The number of hydrogen-bond donors (Lipinski definition) is 1. The summed E-state index contributed by atoms with van der Waals surface area (Å²) in [6.07, 6.45) is 0. The summed E-state index contributed by atoms with van der Waals surface area (Å²) in [6, 6.07) is 12.1. The van der Waals surface area contributed by atoms with Gasteiger partial charge in [0.15, 0.2) is 5.78 Å². The van der Waals surface area contributed by atoms with Gasteiger partial charge in [-0.2, -0.15) is 0 Å². The van der Waals surface area contributed by atoms with Crippen LogP contribution in [0, 0.1) is 0 Å². The number of hydrogen-bond acceptors (Lipinski definition) is 4. The number of phenolic OH excluding ortho intramolecular Hbond substituents is 1. The summed E-state index contributed by atoms with van der Waals surface area (Å²) in [7, 11) is 0. The Morgan fingerprint density at radius 3 is 1.95 bits per heavy atom. The van der Waals surface area contributed by atoms with Crippen molar-refractivity contribution in [3.8, 4) is 11.5 Å². The number of rotatable bonds is 3. The fourth-order valence-electron chi connectivity index (χ4n) is 1.52. The normalized spacial score (nSPS) is 9.95. The van der Waals surface area contributed by atoms with E-state index in [2.05, 4.69) is 0 Å². The van der Waals surface area contributed by atoms with Crippen LogP contribution in [0.15, 0.2) is 48.5 Å². The van der Waals surface area contributed by atoms with Crippen LogP contribution in [0.4, 0.5) is 0 Å². The molecule has 0 aliphatic heterocycles. The van der Waals surface area contributed by atoms with Crippen LogP contribution in [0.5, 0.6) is 11.5 Å². The molecule has 0 aliphatic carbocycles. The summed E-state index contributed by atoms with van der Waals surface area (Å²) in [5.74, 6) is -0.113. The van der Waals surface area contributed by atoms with E-state index in [1.807, 2.05) is 0 Å². The molecular formula is C15H12O4. The zero-order valence-electron chi connectivity index (χ0n) is 10.3. The highest BCUT2D eigenvalue weighted by atomic mass is 16.5. The van der Waals surface area contributed by atoms with Crippen LogP contribution < -0.4 is 4.74 Å². The highest BCUT2D eigenvalue weighted by Gasteiger charge is 2.08. The first kappa shape index (κ1) is 12.8. The van der Waals surface area contributed by atoms with Crippen molar-refractivity contribution in [1.82, 2.24) is 0 Å². The number of ether oxygens (including phenoxy) is 1. The van der Waals surface area contributed by atoms with Gasteiger partial charge >= 0.3 is 5.97 Å². The van der Waals surface area contributed by atoms with Gasteiger partial charge in [0.1, 0.15) is 11.5 Å². The largest absolute Gasteiger partial charge is 0.508 e. The topological polar surface area (TPSA) is 63.6 Å². The maximum absolute atomic E-state index is 11.8. The first-order valence-corrected chi connectivity index (χ1v) is 5.68. The van der Waals surface area contributed by atoms with Gasteiger partial charge in [0.2, 0.25) is 0 Å². The molecule has 0 amide bonds. The fourth-order valence-corrected chi connectivity index (χ4v) is 1.52. The molecule has 0 radical (unpaired) electrons. The molecule has 0 aliphatic rings. The van der Waals surface area contributed by atoms with Crippen molar-refractivity contribution in [3.63, 3.8) is 0 Å². The van der Waals surface area contributed by atoms with Gasteiger partial charge in [-0.3, -0.25) is 4.79 Å². The van der Waals surface area contributed by atoms with E-state index in [9.17, 15) is 9.59 Å². The monoisotopic (exact) mass is 256 g/mol. The summed E-state index contributed by atoms with van der Waals surface area (Å²) in [5.41, 5.74) is 0.901. The van der Waals surface area contributed by atoms with E-state index in [4.69, 9.17) is 9.84 Å². The maximum Gasteiger partial charge on any atom is 0.343 e. The van der Waals surface area contributed by atoms with Gasteiger partial charge in [0.05, 0.1) is 5.56 Å². The number of esters is 1. The average Bonchev–Trinajstić information content (AvgIpc) is 2.40. The zero-order chi connectivity index (χ0) is 13.8. The Morgan fingerprint density at radius 1 is 0.895 bits per heavy atom. The summed E-state index contributed by atoms with van der Waals surface area (Å²) < 4.78 is 5.14. The summed E-state index contributed by atoms with van der Waals surface area (Å²) in [6.45, 7) is 1.47.